The molecular formula is C17H24O2. The van der Waals surface area contributed by atoms with Crippen molar-refractivity contribution in [3.8, 4) is 5.75 Å². The van der Waals surface area contributed by atoms with E-state index in [2.05, 4.69) is 34.6 Å². The van der Waals surface area contributed by atoms with Crippen molar-refractivity contribution in [3.63, 3.8) is 0 Å². The lowest BCUT2D eigenvalue weighted by Crippen LogP contribution is -2.37. The van der Waals surface area contributed by atoms with Gasteiger partial charge in [0.05, 0.1) is 0 Å². The third-order valence-electron chi connectivity index (χ3n) is 4.80. The minimum Gasteiger partial charge on any atom is -0.487 e. The fraction of sp³-hybridized carbons (Fsp3) is 0.588. The van der Waals surface area contributed by atoms with Crippen LogP contribution >= 0.6 is 0 Å². The van der Waals surface area contributed by atoms with Crippen LogP contribution in [0.2, 0.25) is 0 Å². The van der Waals surface area contributed by atoms with Crippen LogP contribution in [0.5, 0.6) is 5.75 Å². The van der Waals surface area contributed by atoms with Crippen molar-refractivity contribution in [2.75, 3.05) is 0 Å². The average molecular weight is 260 g/mol. The SMILES string of the molecule is Cc1c(C)c(C)c2c(c1C)CC[C@](C)(CCC=O)O2. The third-order valence-corrected chi connectivity index (χ3v) is 4.80. The molecule has 0 aromatic heterocycles. The lowest BCUT2D eigenvalue weighted by molar-refractivity contribution is -0.108. The average Bonchev–Trinajstić information content (AvgIpc) is 2.40. The summed E-state index contributed by atoms with van der Waals surface area (Å²) in [7, 11) is 0. The van der Waals surface area contributed by atoms with Gasteiger partial charge in [0.15, 0.2) is 0 Å². The van der Waals surface area contributed by atoms with Crippen molar-refractivity contribution in [2.24, 2.45) is 0 Å². The van der Waals surface area contributed by atoms with Crippen molar-refractivity contribution < 1.29 is 9.53 Å². The van der Waals surface area contributed by atoms with Crippen molar-refractivity contribution in [1.82, 2.24) is 0 Å². The highest BCUT2D eigenvalue weighted by molar-refractivity contribution is 5.55. The van der Waals surface area contributed by atoms with Crippen LogP contribution in [0.1, 0.15) is 54.0 Å². The molecule has 1 aromatic carbocycles. The molecule has 2 rings (SSSR count). The Morgan fingerprint density at radius 3 is 2.37 bits per heavy atom. The van der Waals surface area contributed by atoms with E-state index in [1.54, 1.807) is 0 Å². The summed E-state index contributed by atoms with van der Waals surface area (Å²) < 4.78 is 6.31. The minimum atomic E-state index is -0.188. The van der Waals surface area contributed by atoms with Gasteiger partial charge in [-0.3, -0.25) is 0 Å². The molecule has 1 aliphatic heterocycles. The fourth-order valence-corrected chi connectivity index (χ4v) is 3.02. The molecule has 104 valence electrons. The first-order valence-electron chi connectivity index (χ1n) is 7.11. The summed E-state index contributed by atoms with van der Waals surface area (Å²) in [5.41, 5.74) is 6.52. The maximum atomic E-state index is 10.6. The van der Waals surface area contributed by atoms with Crippen molar-refractivity contribution >= 4 is 6.29 Å². The second-order valence-corrected chi connectivity index (χ2v) is 6.06. The maximum Gasteiger partial charge on any atom is 0.126 e. The highest BCUT2D eigenvalue weighted by Crippen LogP contribution is 2.41. The highest BCUT2D eigenvalue weighted by atomic mass is 16.5. The zero-order chi connectivity index (χ0) is 14.2. The van der Waals surface area contributed by atoms with Crippen LogP contribution in [-0.2, 0) is 11.2 Å². The standard InChI is InChI=1S/C17H24O2/c1-11-12(2)14(4)16-15(13(11)3)7-9-17(5,19-16)8-6-10-18/h10H,6-9H2,1-5H3/t17-/m0/s1. The number of aldehydes is 1. The molecule has 1 aliphatic rings. The van der Waals surface area contributed by atoms with Gasteiger partial charge in [0.1, 0.15) is 17.6 Å². The zero-order valence-corrected chi connectivity index (χ0v) is 12.7. The van der Waals surface area contributed by atoms with Crippen molar-refractivity contribution in [2.45, 2.75) is 65.9 Å². The summed E-state index contributed by atoms with van der Waals surface area (Å²) in [6, 6.07) is 0. The number of carbonyl (C=O) groups is 1. The van der Waals surface area contributed by atoms with E-state index in [0.29, 0.717) is 6.42 Å². The van der Waals surface area contributed by atoms with Gasteiger partial charge in [-0.2, -0.15) is 0 Å². The van der Waals surface area contributed by atoms with Gasteiger partial charge in [-0.1, -0.05) is 0 Å². The second kappa shape index (κ2) is 4.99. The fourth-order valence-electron chi connectivity index (χ4n) is 3.02. The lowest BCUT2D eigenvalue weighted by atomic mass is 9.84. The molecule has 2 heteroatoms. The van der Waals surface area contributed by atoms with Gasteiger partial charge >= 0.3 is 0 Å². The number of rotatable bonds is 3. The van der Waals surface area contributed by atoms with Crippen LogP contribution in [0.4, 0.5) is 0 Å². The Morgan fingerprint density at radius 2 is 1.74 bits per heavy atom. The first-order valence-corrected chi connectivity index (χ1v) is 7.11. The van der Waals surface area contributed by atoms with Crippen molar-refractivity contribution in [1.29, 1.82) is 0 Å². The van der Waals surface area contributed by atoms with E-state index in [0.717, 1.165) is 31.3 Å². The normalized spacial score (nSPS) is 21.7. The summed E-state index contributed by atoms with van der Waals surface area (Å²) in [6.07, 6.45) is 4.42. The molecule has 0 aliphatic carbocycles. The monoisotopic (exact) mass is 260 g/mol. The molecule has 2 nitrogen and oxygen atoms in total. The van der Waals surface area contributed by atoms with Crippen LogP contribution < -0.4 is 4.74 Å². The largest absolute Gasteiger partial charge is 0.487 e. The molecule has 1 atom stereocenters. The molecule has 1 aromatic rings. The third kappa shape index (κ3) is 2.41. The number of ether oxygens (including phenoxy) is 1. The maximum absolute atomic E-state index is 10.6. The number of fused-ring (bicyclic) bond motifs is 1. The summed E-state index contributed by atoms with van der Waals surface area (Å²) in [6.45, 7) is 10.8. The molecule has 1 heterocycles. The van der Waals surface area contributed by atoms with Gasteiger partial charge < -0.3 is 9.53 Å². The Morgan fingerprint density at radius 1 is 1.11 bits per heavy atom. The number of hydrogen-bond donors (Lipinski definition) is 0. The Labute approximate surface area is 116 Å². The molecule has 0 N–H and O–H groups in total. The summed E-state index contributed by atoms with van der Waals surface area (Å²) >= 11 is 0. The van der Waals surface area contributed by atoms with E-state index < -0.39 is 0 Å². The van der Waals surface area contributed by atoms with Crippen LogP contribution in [0.25, 0.3) is 0 Å². The highest BCUT2D eigenvalue weighted by Gasteiger charge is 2.33. The van der Waals surface area contributed by atoms with Crippen LogP contribution in [-0.4, -0.2) is 11.9 Å². The Bertz CT molecular complexity index is 517. The Kier molecular flexibility index (Phi) is 3.71. The number of carbonyl (C=O) groups excluding carboxylic acids is 1. The lowest BCUT2D eigenvalue weighted by Gasteiger charge is -2.38. The molecule has 0 spiro atoms. The Balaban J connectivity index is 2.43. The molecule has 0 saturated carbocycles. The van der Waals surface area contributed by atoms with E-state index in [1.165, 1.54) is 27.8 Å². The molecule has 0 unspecified atom stereocenters. The molecule has 0 fully saturated rings. The predicted octanol–water partition coefficient (Wildman–Crippen LogP) is 3.98. The molecule has 0 radical (unpaired) electrons. The van der Waals surface area contributed by atoms with Crippen LogP contribution in [0.3, 0.4) is 0 Å². The molecule has 0 bridgehead atoms. The van der Waals surface area contributed by atoms with E-state index in [1.807, 2.05) is 0 Å². The zero-order valence-electron chi connectivity index (χ0n) is 12.7. The predicted molar refractivity (Wildman–Crippen MR) is 78.0 cm³/mol. The van der Waals surface area contributed by atoms with Gasteiger partial charge in [0.25, 0.3) is 0 Å². The number of hydrogen-bond acceptors (Lipinski definition) is 2. The summed E-state index contributed by atoms with van der Waals surface area (Å²) in [5, 5.41) is 0. The topological polar surface area (TPSA) is 26.3 Å². The number of benzene rings is 1. The second-order valence-electron chi connectivity index (χ2n) is 6.06. The molecular weight excluding hydrogens is 236 g/mol. The van der Waals surface area contributed by atoms with Gasteiger partial charge in [-0.15, -0.1) is 0 Å². The Hall–Kier alpha value is -1.31. The van der Waals surface area contributed by atoms with E-state index in [9.17, 15) is 4.79 Å². The van der Waals surface area contributed by atoms with Gasteiger partial charge in [-0.25, -0.2) is 0 Å². The summed E-state index contributed by atoms with van der Waals surface area (Å²) in [4.78, 5) is 10.6. The van der Waals surface area contributed by atoms with E-state index >= 15 is 0 Å². The van der Waals surface area contributed by atoms with Crippen LogP contribution in [0.15, 0.2) is 0 Å². The smallest absolute Gasteiger partial charge is 0.126 e. The quantitative estimate of drug-likeness (QED) is 0.768. The molecule has 19 heavy (non-hydrogen) atoms. The van der Waals surface area contributed by atoms with E-state index in [-0.39, 0.29) is 5.60 Å². The van der Waals surface area contributed by atoms with Gasteiger partial charge in [0.2, 0.25) is 0 Å². The first kappa shape index (κ1) is 14.1. The molecule has 0 amide bonds. The van der Waals surface area contributed by atoms with Gasteiger partial charge in [-0.05, 0) is 81.7 Å². The van der Waals surface area contributed by atoms with Crippen molar-refractivity contribution in [3.05, 3.63) is 27.8 Å². The van der Waals surface area contributed by atoms with E-state index in [4.69, 9.17) is 4.74 Å². The van der Waals surface area contributed by atoms with Gasteiger partial charge in [0, 0.05) is 6.42 Å². The minimum absolute atomic E-state index is 0.188. The van der Waals surface area contributed by atoms with Crippen LogP contribution in [0, 0.1) is 27.7 Å². The summed E-state index contributed by atoms with van der Waals surface area (Å²) in [5.74, 6) is 1.07. The molecule has 0 saturated heterocycles. The first-order chi connectivity index (χ1) is 8.89.